The molecular weight excluding hydrogens is 206 g/mol. The Morgan fingerprint density at radius 3 is 2.75 bits per heavy atom. The number of hydrogen-bond acceptors (Lipinski definition) is 4. The number of piperidine rings is 1. The molecule has 0 unspecified atom stereocenters. The summed E-state index contributed by atoms with van der Waals surface area (Å²) in [7, 11) is 0. The van der Waals surface area contributed by atoms with Crippen molar-refractivity contribution in [1.82, 2.24) is 4.90 Å². The summed E-state index contributed by atoms with van der Waals surface area (Å²) < 4.78 is 0. The second kappa shape index (κ2) is 5.01. The number of amidine groups is 1. The fourth-order valence-electron chi connectivity index (χ4n) is 2.51. The van der Waals surface area contributed by atoms with Crippen molar-refractivity contribution < 1.29 is 10.3 Å². The molecule has 0 spiro atoms. The van der Waals surface area contributed by atoms with Gasteiger partial charge in [0.25, 0.3) is 0 Å². The van der Waals surface area contributed by atoms with Crippen molar-refractivity contribution >= 4 is 5.84 Å². The summed E-state index contributed by atoms with van der Waals surface area (Å²) in [5.74, 6) is 1.46. The van der Waals surface area contributed by atoms with E-state index in [0.29, 0.717) is 12.5 Å². The molecule has 1 saturated carbocycles. The molecule has 2 atom stereocenters. The molecule has 5 nitrogen and oxygen atoms in total. The van der Waals surface area contributed by atoms with E-state index in [9.17, 15) is 5.11 Å². The van der Waals surface area contributed by atoms with Gasteiger partial charge in [-0.15, -0.1) is 0 Å². The predicted octanol–water partition coefficient (Wildman–Crippen LogP) is 0.216. The number of nitrogens with zero attached hydrogens (tertiary/aromatic N) is 2. The molecule has 2 aliphatic rings. The molecule has 4 N–H and O–H groups in total. The Bertz CT molecular complexity index is 266. The van der Waals surface area contributed by atoms with Crippen LogP contribution in [0.25, 0.3) is 0 Å². The summed E-state index contributed by atoms with van der Waals surface area (Å²) in [5.41, 5.74) is 5.49. The van der Waals surface area contributed by atoms with E-state index in [1.165, 1.54) is 12.8 Å². The smallest absolute Gasteiger partial charge is 0.153 e. The van der Waals surface area contributed by atoms with E-state index in [1.807, 2.05) is 0 Å². The van der Waals surface area contributed by atoms with Crippen molar-refractivity contribution in [3.05, 3.63) is 0 Å². The molecule has 0 bridgehead atoms. The van der Waals surface area contributed by atoms with E-state index >= 15 is 0 Å². The first kappa shape index (κ1) is 11.7. The van der Waals surface area contributed by atoms with Gasteiger partial charge in [0.1, 0.15) is 0 Å². The SMILES string of the molecule is NC(CN1CC[C@H](O)[C@@H](CC2CC2)C1)=NO. The first-order valence-corrected chi connectivity index (χ1v) is 6.06. The van der Waals surface area contributed by atoms with Gasteiger partial charge >= 0.3 is 0 Å². The van der Waals surface area contributed by atoms with Crippen LogP contribution in [-0.4, -0.2) is 46.8 Å². The van der Waals surface area contributed by atoms with Gasteiger partial charge in [0.05, 0.1) is 12.6 Å². The number of rotatable bonds is 4. The molecular formula is C11H21N3O2. The second-order valence-electron chi connectivity index (χ2n) is 5.12. The number of likely N-dealkylation sites (tertiary alicyclic amines) is 1. The molecule has 0 radical (unpaired) electrons. The summed E-state index contributed by atoms with van der Waals surface area (Å²) in [5, 5.41) is 21.4. The maximum Gasteiger partial charge on any atom is 0.153 e. The quantitative estimate of drug-likeness (QED) is 0.278. The fourth-order valence-corrected chi connectivity index (χ4v) is 2.51. The third kappa shape index (κ3) is 3.09. The van der Waals surface area contributed by atoms with Gasteiger partial charge < -0.3 is 16.0 Å². The highest BCUT2D eigenvalue weighted by molar-refractivity contribution is 5.81. The van der Waals surface area contributed by atoms with Crippen LogP contribution in [0.3, 0.4) is 0 Å². The lowest BCUT2D eigenvalue weighted by atomic mass is 9.90. The van der Waals surface area contributed by atoms with Crippen molar-refractivity contribution in [2.75, 3.05) is 19.6 Å². The number of aliphatic hydroxyl groups is 1. The molecule has 2 fully saturated rings. The fraction of sp³-hybridized carbons (Fsp3) is 0.909. The number of oxime groups is 1. The second-order valence-corrected chi connectivity index (χ2v) is 5.12. The highest BCUT2D eigenvalue weighted by Crippen LogP contribution is 2.37. The summed E-state index contributed by atoms with van der Waals surface area (Å²) in [4.78, 5) is 2.16. The topological polar surface area (TPSA) is 82.1 Å². The maximum atomic E-state index is 9.92. The molecule has 0 aromatic rings. The van der Waals surface area contributed by atoms with Crippen LogP contribution in [0.15, 0.2) is 5.16 Å². The molecule has 2 rings (SSSR count). The zero-order valence-corrected chi connectivity index (χ0v) is 9.55. The third-order valence-electron chi connectivity index (χ3n) is 3.63. The standard InChI is InChI=1S/C11H21N3O2/c12-11(13-16)7-14-4-3-10(15)9(6-14)5-8-1-2-8/h8-10,15-16H,1-7H2,(H2,12,13)/t9-,10-/m0/s1. The van der Waals surface area contributed by atoms with Crippen LogP contribution >= 0.6 is 0 Å². The molecule has 1 saturated heterocycles. The minimum atomic E-state index is -0.163. The van der Waals surface area contributed by atoms with Crippen molar-refractivity contribution in [3.8, 4) is 0 Å². The van der Waals surface area contributed by atoms with Crippen LogP contribution in [-0.2, 0) is 0 Å². The van der Waals surface area contributed by atoms with Crippen LogP contribution in [0.2, 0.25) is 0 Å². The Kier molecular flexibility index (Phi) is 3.66. The lowest BCUT2D eigenvalue weighted by Gasteiger charge is -2.36. The van der Waals surface area contributed by atoms with E-state index < -0.39 is 0 Å². The van der Waals surface area contributed by atoms with E-state index in [-0.39, 0.29) is 11.9 Å². The summed E-state index contributed by atoms with van der Waals surface area (Å²) >= 11 is 0. The lowest BCUT2D eigenvalue weighted by molar-refractivity contribution is 0.0258. The lowest BCUT2D eigenvalue weighted by Crippen LogP contribution is -2.46. The summed E-state index contributed by atoms with van der Waals surface area (Å²) in [6.45, 7) is 2.21. The van der Waals surface area contributed by atoms with Crippen LogP contribution in [0.4, 0.5) is 0 Å². The van der Waals surface area contributed by atoms with Crippen LogP contribution in [0.5, 0.6) is 0 Å². The zero-order valence-electron chi connectivity index (χ0n) is 9.55. The monoisotopic (exact) mass is 227 g/mol. The van der Waals surface area contributed by atoms with Gasteiger partial charge in [-0.25, -0.2) is 0 Å². The maximum absolute atomic E-state index is 9.92. The molecule has 5 heteroatoms. The van der Waals surface area contributed by atoms with E-state index in [0.717, 1.165) is 31.8 Å². The van der Waals surface area contributed by atoms with Crippen molar-refractivity contribution in [2.24, 2.45) is 22.7 Å². The number of nitrogens with two attached hydrogens (primary N) is 1. The Hall–Kier alpha value is -0.810. The Labute approximate surface area is 95.9 Å². The molecule has 0 amide bonds. The normalized spacial score (nSPS) is 32.9. The predicted molar refractivity (Wildman–Crippen MR) is 61.3 cm³/mol. The van der Waals surface area contributed by atoms with Crippen molar-refractivity contribution in [2.45, 2.75) is 31.8 Å². The van der Waals surface area contributed by atoms with Crippen LogP contribution in [0.1, 0.15) is 25.7 Å². The van der Waals surface area contributed by atoms with E-state index in [4.69, 9.17) is 10.9 Å². The third-order valence-corrected chi connectivity index (χ3v) is 3.63. The molecule has 1 aliphatic heterocycles. The molecule has 92 valence electrons. The first-order valence-electron chi connectivity index (χ1n) is 6.06. The molecule has 16 heavy (non-hydrogen) atoms. The zero-order chi connectivity index (χ0) is 11.5. The average Bonchev–Trinajstić information content (AvgIpc) is 3.07. The number of hydrogen-bond donors (Lipinski definition) is 3. The van der Waals surface area contributed by atoms with E-state index in [1.54, 1.807) is 0 Å². The van der Waals surface area contributed by atoms with Gasteiger partial charge in [-0.2, -0.15) is 0 Å². The van der Waals surface area contributed by atoms with Gasteiger partial charge in [0.15, 0.2) is 5.84 Å². The minimum Gasteiger partial charge on any atom is -0.409 e. The van der Waals surface area contributed by atoms with E-state index in [2.05, 4.69) is 10.1 Å². The molecule has 1 aliphatic carbocycles. The van der Waals surface area contributed by atoms with Crippen molar-refractivity contribution in [1.29, 1.82) is 0 Å². The molecule has 0 aromatic carbocycles. The van der Waals surface area contributed by atoms with Gasteiger partial charge in [-0.05, 0) is 24.7 Å². The Balaban J connectivity index is 1.82. The van der Waals surface area contributed by atoms with Gasteiger partial charge in [-0.3, -0.25) is 4.90 Å². The van der Waals surface area contributed by atoms with Gasteiger partial charge in [0, 0.05) is 13.1 Å². The molecule has 1 heterocycles. The van der Waals surface area contributed by atoms with Gasteiger partial charge in [-0.1, -0.05) is 18.0 Å². The largest absolute Gasteiger partial charge is 0.409 e. The van der Waals surface area contributed by atoms with Crippen molar-refractivity contribution in [3.63, 3.8) is 0 Å². The highest BCUT2D eigenvalue weighted by Gasteiger charge is 2.33. The Morgan fingerprint density at radius 1 is 1.38 bits per heavy atom. The van der Waals surface area contributed by atoms with Crippen LogP contribution in [0, 0.1) is 11.8 Å². The first-order chi connectivity index (χ1) is 7.69. The minimum absolute atomic E-state index is 0.163. The number of aliphatic hydroxyl groups excluding tert-OH is 1. The molecule has 0 aromatic heterocycles. The van der Waals surface area contributed by atoms with Crippen LogP contribution < -0.4 is 5.73 Å². The summed E-state index contributed by atoms with van der Waals surface area (Å²) in [6, 6.07) is 0. The average molecular weight is 227 g/mol. The van der Waals surface area contributed by atoms with Gasteiger partial charge in [0.2, 0.25) is 0 Å². The highest BCUT2D eigenvalue weighted by atomic mass is 16.4. The Morgan fingerprint density at radius 2 is 2.12 bits per heavy atom. The summed E-state index contributed by atoms with van der Waals surface area (Å²) in [6.07, 6.45) is 4.42.